The highest BCUT2D eigenvalue weighted by Gasteiger charge is 2.05. The van der Waals surface area contributed by atoms with E-state index in [4.69, 9.17) is 4.74 Å². The van der Waals surface area contributed by atoms with Gasteiger partial charge in [0.2, 0.25) is 5.88 Å². The SMILES string of the molecule is O=[N+]([O-])c1ccc(Oc2cnccn2)cc1. The number of nitro benzene ring substituents is 1. The summed E-state index contributed by atoms with van der Waals surface area (Å²) < 4.78 is 5.32. The predicted octanol–water partition coefficient (Wildman–Crippen LogP) is 2.18. The molecule has 0 aliphatic rings. The van der Waals surface area contributed by atoms with Crippen molar-refractivity contribution < 1.29 is 9.66 Å². The maximum Gasteiger partial charge on any atom is 0.269 e. The van der Waals surface area contributed by atoms with Crippen molar-refractivity contribution in [2.45, 2.75) is 0 Å². The molecule has 0 unspecified atom stereocenters. The lowest BCUT2D eigenvalue weighted by molar-refractivity contribution is -0.384. The van der Waals surface area contributed by atoms with E-state index in [0.29, 0.717) is 11.6 Å². The number of hydrogen-bond donors (Lipinski definition) is 0. The lowest BCUT2D eigenvalue weighted by atomic mass is 10.3. The number of non-ortho nitro benzene ring substituents is 1. The summed E-state index contributed by atoms with van der Waals surface area (Å²) >= 11 is 0. The summed E-state index contributed by atoms with van der Waals surface area (Å²) in [6.45, 7) is 0. The Labute approximate surface area is 90.7 Å². The highest BCUT2D eigenvalue weighted by molar-refractivity contribution is 5.37. The Kier molecular flexibility index (Phi) is 2.73. The van der Waals surface area contributed by atoms with Crippen molar-refractivity contribution in [1.82, 2.24) is 9.97 Å². The Morgan fingerprint density at radius 3 is 2.50 bits per heavy atom. The summed E-state index contributed by atoms with van der Waals surface area (Å²) in [4.78, 5) is 17.7. The van der Waals surface area contributed by atoms with Crippen LogP contribution in [-0.4, -0.2) is 14.9 Å². The number of hydrogen-bond acceptors (Lipinski definition) is 5. The largest absolute Gasteiger partial charge is 0.437 e. The van der Waals surface area contributed by atoms with Crippen LogP contribution in [0.1, 0.15) is 0 Å². The van der Waals surface area contributed by atoms with Crippen LogP contribution in [0.3, 0.4) is 0 Å². The van der Waals surface area contributed by atoms with Gasteiger partial charge in [-0.05, 0) is 12.1 Å². The van der Waals surface area contributed by atoms with Crippen molar-refractivity contribution in [3.63, 3.8) is 0 Å². The van der Waals surface area contributed by atoms with Crippen LogP contribution in [0.25, 0.3) is 0 Å². The van der Waals surface area contributed by atoms with Gasteiger partial charge in [-0.1, -0.05) is 0 Å². The summed E-state index contributed by atoms with van der Waals surface area (Å²) in [5.41, 5.74) is 0.0199. The van der Waals surface area contributed by atoms with Crippen LogP contribution in [0, 0.1) is 10.1 Å². The molecule has 0 aliphatic carbocycles. The Bertz CT molecular complexity index is 484. The summed E-state index contributed by atoms with van der Waals surface area (Å²) in [7, 11) is 0. The predicted molar refractivity (Wildman–Crippen MR) is 55.2 cm³/mol. The minimum absolute atomic E-state index is 0.0199. The van der Waals surface area contributed by atoms with E-state index in [2.05, 4.69) is 9.97 Å². The quantitative estimate of drug-likeness (QED) is 0.581. The van der Waals surface area contributed by atoms with Crippen LogP contribution in [0.4, 0.5) is 5.69 Å². The Hall–Kier alpha value is -2.50. The molecule has 0 radical (unpaired) electrons. The molecule has 0 amide bonds. The number of aromatic nitrogens is 2. The molecule has 80 valence electrons. The molecule has 0 atom stereocenters. The summed E-state index contributed by atoms with van der Waals surface area (Å²) in [5.74, 6) is 0.822. The molecule has 0 saturated carbocycles. The van der Waals surface area contributed by atoms with Crippen LogP contribution >= 0.6 is 0 Å². The Morgan fingerprint density at radius 1 is 1.19 bits per heavy atom. The van der Waals surface area contributed by atoms with Crippen molar-refractivity contribution in [3.05, 3.63) is 53.0 Å². The first-order valence-electron chi connectivity index (χ1n) is 4.44. The third kappa shape index (κ3) is 2.30. The summed E-state index contributed by atoms with van der Waals surface area (Å²) in [6, 6.07) is 5.75. The molecular weight excluding hydrogens is 210 g/mol. The molecule has 0 spiro atoms. The van der Waals surface area contributed by atoms with Crippen LogP contribution in [0.5, 0.6) is 11.6 Å². The maximum absolute atomic E-state index is 10.4. The standard InChI is InChI=1S/C10H7N3O3/c14-13(15)8-1-3-9(4-2-8)16-10-7-11-5-6-12-10/h1-7H. The van der Waals surface area contributed by atoms with Gasteiger partial charge in [0.05, 0.1) is 11.1 Å². The molecule has 0 N–H and O–H groups in total. The second-order valence-corrected chi connectivity index (χ2v) is 2.90. The van der Waals surface area contributed by atoms with Gasteiger partial charge >= 0.3 is 0 Å². The van der Waals surface area contributed by atoms with Crippen molar-refractivity contribution >= 4 is 5.69 Å². The van der Waals surface area contributed by atoms with Gasteiger partial charge < -0.3 is 4.74 Å². The van der Waals surface area contributed by atoms with Crippen LogP contribution in [0.2, 0.25) is 0 Å². The van der Waals surface area contributed by atoms with Crippen molar-refractivity contribution in [2.24, 2.45) is 0 Å². The molecular formula is C10H7N3O3. The highest BCUT2D eigenvalue weighted by Crippen LogP contribution is 2.21. The molecule has 0 saturated heterocycles. The minimum atomic E-state index is -0.466. The van der Waals surface area contributed by atoms with E-state index in [-0.39, 0.29) is 5.69 Å². The monoisotopic (exact) mass is 217 g/mol. The number of nitro groups is 1. The van der Waals surface area contributed by atoms with Gasteiger partial charge in [0.15, 0.2) is 0 Å². The first kappa shape index (κ1) is 10.0. The molecule has 1 aromatic carbocycles. The lowest BCUT2D eigenvalue weighted by Gasteiger charge is -2.02. The van der Waals surface area contributed by atoms with Gasteiger partial charge in [-0.25, -0.2) is 4.98 Å². The molecule has 1 aromatic heterocycles. The van der Waals surface area contributed by atoms with Crippen molar-refractivity contribution in [1.29, 1.82) is 0 Å². The van der Waals surface area contributed by atoms with Gasteiger partial charge in [0.1, 0.15) is 5.75 Å². The van der Waals surface area contributed by atoms with Crippen molar-refractivity contribution in [2.75, 3.05) is 0 Å². The van der Waals surface area contributed by atoms with E-state index in [1.165, 1.54) is 42.9 Å². The molecule has 2 aromatic rings. The molecule has 0 bridgehead atoms. The first-order chi connectivity index (χ1) is 7.75. The van der Waals surface area contributed by atoms with E-state index in [0.717, 1.165) is 0 Å². The molecule has 0 fully saturated rings. The molecule has 16 heavy (non-hydrogen) atoms. The van der Waals surface area contributed by atoms with Gasteiger partial charge in [-0.15, -0.1) is 0 Å². The molecule has 0 aliphatic heterocycles. The third-order valence-corrected chi connectivity index (χ3v) is 1.81. The third-order valence-electron chi connectivity index (χ3n) is 1.81. The summed E-state index contributed by atoms with van der Waals surface area (Å²) in [6.07, 6.45) is 4.49. The summed E-state index contributed by atoms with van der Waals surface area (Å²) in [5, 5.41) is 10.4. The van der Waals surface area contributed by atoms with Gasteiger partial charge in [0, 0.05) is 24.5 Å². The minimum Gasteiger partial charge on any atom is -0.437 e. The van der Waals surface area contributed by atoms with Crippen LogP contribution in [-0.2, 0) is 0 Å². The van der Waals surface area contributed by atoms with Gasteiger partial charge in [0.25, 0.3) is 5.69 Å². The fourth-order valence-corrected chi connectivity index (χ4v) is 1.09. The topological polar surface area (TPSA) is 78.2 Å². The van der Waals surface area contributed by atoms with Crippen LogP contribution < -0.4 is 4.74 Å². The van der Waals surface area contributed by atoms with Gasteiger partial charge in [-0.3, -0.25) is 15.1 Å². The zero-order valence-corrected chi connectivity index (χ0v) is 8.11. The molecule has 1 heterocycles. The average Bonchev–Trinajstić information content (AvgIpc) is 2.31. The van der Waals surface area contributed by atoms with E-state index in [1.54, 1.807) is 0 Å². The highest BCUT2D eigenvalue weighted by atomic mass is 16.6. The lowest BCUT2D eigenvalue weighted by Crippen LogP contribution is -1.90. The number of nitrogens with zero attached hydrogens (tertiary/aromatic N) is 3. The van der Waals surface area contributed by atoms with E-state index in [9.17, 15) is 10.1 Å². The second-order valence-electron chi connectivity index (χ2n) is 2.90. The average molecular weight is 217 g/mol. The number of ether oxygens (including phenoxy) is 1. The zero-order valence-electron chi connectivity index (χ0n) is 8.11. The first-order valence-corrected chi connectivity index (χ1v) is 4.44. The zero-order chi connectivity index (χ0) is 11.4. The molecule has 6 heteroatoms. The second kappa shape index (κ2) is 4.35. The van der Waals surface area contributed by atoms with E-state index in [1.807, 2.05) is 0 Å². The Balaban J connectivity index is 2.14. The smallest absolute Gasteiger partial charge is 0.269 e. The van der Waals surface area contributed by atoms with Crippen LogP contribution in [0.15, 0.2) is 42.9 Å². The molecule has 2 rings (SSSR count). The maximum atomic E-state index is 10.4. The normalized spacial score (nSPS) is 9.75. The van der Waals surface area contributed by atoms with E-state index < -0.39 is 4.92 Å². The fourth-order valence-electron chi connectivity index (χ4n) is 1.09. The fraction of sp³-hybridized carbons (Fsp3) is 0. The number of rotatable bonds is 3. The van der Waals surface area contributed by atoms with E-state index >= 15 is 0 Å². The van der Waals surface area contributed by atoms with Crippen molar-refractivity contribution in [3.8, 4) is 11.6 Å². The number of benzene rings is 1. The van der Waals surface area contributed by atoms with Gasteiger partial charge in [-0.2, -0.15) is 0 Å². The molecule has 6 nitrogen and oxygen atoms in total. The Morgan fingerprint density at radius 2 is 1.94 bits per heavy atom.